The second-order valence-corrected chi connectivity index (χ2v) is 7.49. The lowest BCUT2D eigenvalue weighted by Gasteiger charge is -2.13. The summed E-state index contributed by atoms with van der Waals surface area (Å²) >= 11 is 4.02. The van der Waals surface area contributed by atoms with Crippen molar-refractivity contribution in [2.75, 3.05) is 11.9 Å². The number of amides is 3. The van der Waals surface area contributed by atoms with E-state index in [2.05, 4.69) is 21.2 Å². The molecule has 1 heterocycles. The van der Waals surface area contributed by atoms with Gasteiger partial charge in [-0.2, -0.15) is 0 Å². The summed E-state index contributed by atoms with van der Waals surface area (Å²) in [4.78, 5) is 48.0. The van der Waals surface area contributed by atoms with Gasteiger partial charge in [-0.25, -0.2) is 0 Å². The minimum absolute atomic E-state index is 0.0750. The quantitative estimate of drug-likeness (QED) is 0.408. The molecule has 1 aliphatic rings. The molecule has 0 unspecified atom stereocenters. The summed E-state index contributed by atoms with van der Waals surface area (Å²) in [6.45, 7) is -0.413. The molecule has 10 heteroatoms. The summed E-state index contributed by atoms with van der Waals surface area (Å²) in [6, 6.07) is 12.5. The number of carbonyl (C=O) groups is 3. The standard InChI is InChI=1S/C18H12BrN3O5S/c19-13-3-1-2-4-14(13)20-16(23)10-21-17(24)15(28-18(21)25)9-11-5-7-12(8-6-11)22(26)27/h1-9H,10H2,(H,20,23)/b15-9+. The Hall–Kier alpha value is -2.98. The molecule has 0 aromatic heterocycles. The van der Waals surface area contributed by atoms with Crippen LogP contribution in [0.5, 0.6) is 0 Å². The summed E-state index contributed by atoms with van der Waals surface area (Å²) in [7, 11) is 0. The van der Waals surface area contributed by atoms with Crippen molar-refractivity contribution in [3.8, 4) is 0 Å². The number of carbonyl (C=O) groups excluding carboxylic acids is 3. The Bertz CT molecular complexity index is 1010. The first-order chi connectivity index (χ1) is 13.3. The number of rotatable bonds is 5. The molecule has 0 aliphatic carbocycles. The van der Waals surface area contributed by atoms with Crippen molar-refractivity contribution in [3.63, 3.8) is 0 Å². The second-order valence-electron chi connectivity index (χ2n) is 5.64. The Morgan fingerprint density at radius 3 is 2.50 bits per heavy atom. The minimum Gasteiger partial charge on any atom is -0.324 e. The average molecular weight is 462 g/mol. The predicted octanol–water partition coefficient (Wildman–Crippen LogP) is 4.03. The van der Waals surface area contributed by atoms with Gasteiger partial charge in [-0.15, -0.1) is 0 Å². The topological polar surface area (TPSA) is 110 Å². The zero-order chi connectivity index (χ0) is 20.3. The highest BCUT2D eigenvalue weighted by Crippen LogP contribution is 2.32. The number of benzene rings is 2. The molecule has 0 atom stereocenters. The van der Waals surface area contributed by atoms with Gasteiger partial charge in [-0.05, 0) is 63.6 Å². The molecule has 1 saturated heterocycles. The van der Waals surface area contributed by atoms with Crippen LogP contribution in [0.25, 0.3) is 6.08 Å². The molecular weight excluding hydrogens is 450 g/mol. The van der Waals surface area contributed by atoms with E-state index >= 15 is 0 Å². The third-order valence-electron chi connectivity index (χ3n) is 3.72. The first-order valence-corrected chi connectivity index (χ1v) is 9.50. The smallest absolute Gasteiger partial charge is 0.294 e. The summed E-state index contributed by atoms with van der Waals surface area (Å²) in [5.41, 5.74) is 0.989. The fourth-order valence-corrected chi connectivity index (χ4v) is 3.60. The number of imide groups is 1. The van der Waals surface area contributed by atoms with Crippen molar-refractivity contribution in [1.29, 1.82) is 0 Å². The van der Waals surface area contributed by atoms with E-state index in [0.29, 0.717) is 27.5 Å². The van der Waals surface area contributed by atoms with Crippen LogP contribution in [0.1, 0.15) is 5.56 Å². The van der Waals surface area contributed by atoms with Crippen LogP contribution in [0.15, 0.2) is 57.9 Å². The van der Waals surface area contributed by atoms with Crippen LogP contribution >= 0.6 is 27.7 Å². The van der Waals surface area contributed by atoms with Crippen molar-refractivity contribution in [2.24, 2.45) is 0 Å². The Labute approximate surface area is 171 Å². The number of halogens is 1. The van der Waals surface area contributed by atoms with Crippen LogP contribution in [0, 0.1) is 10.1 Å². The second kappa shape index (κ2) is 8.36. The Morgan fingerprint density at radius 2 is 1.86 bits per heavy atom. The number of hydrogen-bond acceptors (Lipinski definition) is 6. The Balaban J connectivity index is 1.70. The third kappa shape index (κ3) is 4.46. The molecule has 2 aromatic carbocycles. The van der Waals surface area contributed by atoms with Crippen molar-refractivity contribution >= 4 is 62.2 Å². The lowest BCUT2D eigenvalue weighted by atomic mass is 10.2. The number of non-ortho nitro benzene ring substituents is 1. The molecule has 1 aliphatic heterocycles. The van der Waals surface area contributed by atoms with Crippen LogP contribution in [0.3, 0.4) is 0 Å². The molecule has 1 fully saturated rings. The van der Waals surface area contributed by atoms with E-state index in [1.165, 1.54) is 30.3 Å². The first kappa shape index (κ1) is 19.8. The monoisotopic (exact) mass is 461 g/mol. The van der Waals surface area contributed by atoms with Gasteiger partial charge in [0.05, 0.1) is 15.5 Å². The number of para-hydroxylation sites is 1. The predicted molar refractivity (Wildman–Crippen MR) is 109 cm³/mol. The first-order valence-electron chi connectivity index (χ1n) is 7.89. The molecule has 2 aromatic rings. The molecule has 3 rings (SSSR count). The van der Waals surface area contributed by atoms with Crippen molar-refractivity contribution < 1.29 is 19.3 Å². The van der Waals surface area contributed by atoms with Gasteiger partial charge in [0.25, 0.3) is 16.8 Å². The lowest BCUT2D eigenvalue weighted by molar-refractivity contribution is -0.384. The molecule has 0 saturated carbocycles. The average Bonchev–Trinajstić information content (AvgIpc) is 2.91. The van der Waals surface area contributed by atoms with E-state index in [0.717, 1.165) is 4.90 Å². The van der Waals surface area contributed by atoms with E-state index in [-0.39, 0.29) is 10.6 Å². The minimum atomic E-state index is -0.587. The van der Waals surface area contributed by atoms with Crippen molar-refractivity contribution in [3.05, 3.63) is 73.6 Å². The molecule has 1 N–H and O–H groups in total. The van der Waals surface area contributed by atoms with E-state index in [1.807, 2.05) is 0 Å². The largest absolute Gasteiger partial charge is 0.324 e. The highest BCUT2D eigenvalue weighted by molar-refractivity contribution is 9.10. The van der Waals surface area contributed by atoms with Crippen LogP contribution < -0.4 is 5.32 Å². The Kier molecular flexibility index (Phi) is 5.90. The number of anilines is 1. The molecule has 28 heavy (non-hydrogen) atoms. The maximum Gasteiger partial charge on any atom is 0.294 e. The third-order valence-corrected chi connectivity index (χ3v) is 5.32. The van der Waals surface area contributed by atoms with E-state index < -0.39 is 28.5 Å². The normalized spacial score (nSPS) is 15.2. The van der Waals surface area contributed by atoms with Crippen LogP contribution in [-0.2, 0) is 9.59 Å². The molecule has 8 nitrogen and oxygen atoms in total. The van der Waals surface area contributed by atoms with E-state index in [4.69, 9.17) is 0 Å². The van der Waals surface area contributed by atoms with Gasteiger partial charge in [0.2, 0.25) is 5.91 Å². The van der Waals surface area contributed by atoms with Gasteiger partial charge in [0.1, 0.15) is 6.54 Å². The molecule has 3 amide bonds. The number of nitro benzene ring substituents is 1. The number of nitro groups is 1. The number of nitrogens with one attached hydrogen (secondary N) is 1. The van der Waals surface area contributed by atoms with Gasteiger partial charge < -0.3 is 5.32 Å². The molecule has 0 radical (unpaired) electrons. The highest BCUT2D eigenvalue weighted by atomic mass is 79.9. The SMILES string of the molecule is O=C(CN1C(=O)S/C(=C/c2ccc([N+](=O)[O-])cc2)C1=O)Nc1ccccc1Br. The van der Waals surface area contributed by atoms with Crippen molar-refractivity contribution in [2.45, 2.75) is 0 Å². The fraction of sp³-hybridized carbons (Fsp3) is 0.0556. The van der Waals surface area contributed by atoms with Crippen molar-refractivity contribution in [1.82, 2.24) is 4.90 Å². The lowest BCUT2D eigenvalue weighted by Crippen LogP contribution is -2.36. The van der Waals surface area contributed by atoms with Gasteiger partial charge in [-0.3, -0.25) is 29.4 Å². The number of hydrogen-bond donors (Lipinski definition) is 1. The number of nitrogens with zero attached hydrogens (tertiary/aromatic N) is 2. The van der Waals surface area contributed by atoms with E-state index in [1.54, 1.807) is 24.3 Å². The van der Waals surface area contributed by atoms with Crippen LogP contribution in [0.4, 0.5) is 16.2 Å². The van der Waals surface area contributed by atoms with E-state index in [9.17, 15) is 24.5 Å². The summed E-state index contributed by atoms with van der Waals surface area (Å²) in [5, 5.41) is 12.8. The zero-order valence-corrected chi connectivity index (χ0v) is 16.5. The van der Waals surface area contributed by atoms with Gasteiger partial charge in [0, 0.05) is 16.6 Å². The van der Waals surface area contributed by atoms with Crippen LogP contribution in [0.2, 0.25) is 0 Å². The summed E-state index contributed by atoms with van der Waals surface area (Å²) in [5.74, 6) is -1.10. The Morgan fingerprint density at radius 1 is 1.18 bits per heavy atom. The fourth-order valence-electron chi connectivity index (χ4n) is 2.38. The van der Waals surface area contributed by atoms with Gasteiger partial charge >= 0.3 is 0 Å². The molecule has 142 valence electrons. The number of thioether (sulfide) groups is 1. The summed E-state index contributed by atoms with van der Waals surface area (Å²) in [6.07, 6.45) is 1.46. The van der Waals surface area contributed by atoms with Crippen LogP contribution in [-0.4, -0.2) is 33.4 Å². The summed E-state index contributed by atoms with van der Waals surface area (Å²) < 4.78 is 0.676. The molecular formula is C18H12BrN3O5S. The van der Waals surface area contributed by atoms with Gasteiger partial charge in [0.15, 0.2) is 0 Å². The zero-order valence-electron chi connectivity index (χ0n) is 14.1. The maximum atomic E-state index is 12.5. The molecule has 0 spiro atoms. The maximum absolute atomic E-state index is 12.5. The van der Waals surface area contributed by atoms with Gasteiger partial charge in [-0.1, -0.05) is 12.1 Å². The highest BCUT2D eigenvalue weighted by Gasteiger charge is 2.36. The molecule has 0 bridgehead atoms.